The van der Waals surface area contributed by atoms with E-state index in [1.807, 2.05) is 0 Å². The number of amides is 1. The van der Waals surface area contributed by atoms with Gasteiger partial charge in [0, 0.05) is 6.92 Å². The van der Waals surface area contributed by atoms with Crippen LogP contribution in [0.15, 0.2) is 17.1 Å². The molecule has 62 valence electrons. The highest BCUT2D eigenvalue weighted by Crippen LogP contribution is 2.01. The van der Waals surface area contributed by atoms with Crippen LogP contribution >= 0.6 is 0 Å². The van der Waals surface area contributed by atoms with E-state index in [4.69, 9.17) is 0 Å². The van der Waals surface area contributed by atoms with Crippen molar-refractivity contribution < 1.29 is 14.4 Å². The van der Waals surface area contributed by atoms with Crippen molar-refractivity contribution in [3.8, 4) is 0 Å². The van der Waals surface area contributed by atoms with Gasteiger partial charge in [0.25, 0.3) is 0 Å². The molecule has 4 nitrogen and oxygen atoms in total. The van der Waals surface area contributed by atoms with E-state index in [1.54, 1.807) is 0 Å². The molecule has 0 fully saturated rings. The molecule has 0 heterocycles. The predicted molar refractivity (Wildman–Crippen MR) is 41.9 cm³/mol. The van der Waals surface area contributed by atoms with Gasteiger partial charge in [-0.1, -0.05) is 0 Å². The van der Waals surface area contributed by atoms with Crippen molar-refractivity contribution in [2.75, 3.05) is 0 Å². The van der Waals surface area contributed by atoms with Crippen molar-refractivity contribution in [3.05, 3.63) is 12.2 Å². The minimum atomic E-state index is -0.530. The maximum absolute atomic E-state index is 10.8. The highest BCUT2D eigenvalue weighted by Gasteiger charge is 2.17. The Morgan fingerprint density at radius 1 is 1.42 bits per heavy atom. The lowest BCUT2D eigenvalue weighted by Gasteiger charge is -2.02. The van der Waals surface area contributed by atoms with Gasteiger partial charge >= 0.3 is 0 Å². The number of hydrogen-bond donors (Lipinski definition) is 0. The molecule has 12 heavy (non-hydrogen) atoms. The van der Waals surface area contributed by atoms with Crippen LogP contribution in [0.25, 0.3) is 0 Å². The molecule has 0 aromatic heterocycles. The monoisotopic (exact) mass is 165 g/mol. The summed E-state index contributed by atoms with van der Waals surface area (Å²) in [6.07, 6.45) is 2.47. The maximum Gasteiger partial charge on any atom is 0.242 e. The minimum Gasteiger partial charge on any atom is -0.290 e. The molecule has 0 radical (unpaired) electrons. The quantitative estimate of drug-likeness (QED) is 0.477. The summed E-state index contributed by atoms with van der Waals surface area (Å²) in [5, 5.41) is 0. The van der Waals surface area contributed by atoms with Crippen LogP contribution in [0.4, 0.5) is 0 Å². The molecule has 0 aliphatic heterocycles. The first-order valence-electron chi connectivity index (χ1n) is 3.43. The molecule has 4 heteroatoms. The van der Waals surface area contributed by atoms with Crippen molar-refractivity contribution in [1.29, 1.82) is 0 Å². The number of carbonyl (C=O) groups is 3. The van der Waals surface area contributed by atoms with Gasteiger partial charge in [0.1, 0.15) is 0 Å². The van der Waals surface area contributed by atoms with E-state index < -0.39 is 11.6 Å². The summed E-state index contributed by atoms with van der Waals surface area (Å²) < 4.78 is 0. The van der Waals surface area contributed by atoms with E-state index in [1.165, 1.54) is 13.0 Å². The Kier molecular flexibility index (Phi) is 2.28. The lowest BCUT2D eigenvalue weighted by atomic mass is 10.0. The number of allylic oxidation sites excluding steroid dienone is 2. The van der Waals surface area contributed by atoms with E-state index in [2.05, 4.69) is 4.99 Å². The van der Waals surface area contributed by atoms with Gasteiger partial charge in [-0.25, -0.2) is 4.99 Å². The van der Waals surface area contributed by atoms with Crippen LogP contribution in [-0.4, -0.2) is 23.2 Å². The molecule has 1 amide bonds. The topological polar surface area (TPSA) is 63.6 Å². The Balaban J connectivity index is 2.87. The van der Waals surface area contributed by atoms with Crippen molar-refractivity contribution >= 4 is 23.2 Å². The number of nitrogens with zero attached hydrogens (tertiary/aromatic N) is 1. The molecular weight excluding hydrogens is 158 g/mol. The second kappa shape index (κ2) is 3.21. The van der Waals surface area contributed by atoms with E-state index in [0.717, 1.165) is 6.08 Å². The van der Waals surface area contributed by atoms with Gasteiger partial charge in [-0.15, -0.1) is 0 Å². The molecule has 0 aromatic carbocycles. The fourth-order valence-corrected chi connectivity index (χ4v) is 0.854. The van der Waals surface area contributed by atoms with Crippen LogP contribution in [-0.2, 0) is 14.4 Å². The highest BCUT2D eigenvalue weighted by atomic mass is 16.2. The summed E-state index contributed by atoms with van der Waals surface area (Å²) in [6, 6.07) is 0. The lowest BCUT2D eigenvalue weighted by Crippen LogP contribution is -2.20. The molecule has 1 aliphatic rings. The molecule has 0 saturated carbocycles. The number of Topliss-reactive ketones (excluding diaryl/α,β-unsaturated/α-hetero) is 1. The average molecular weight is 165 g/mol. The SMILES string of the molecule is CC(=O)N=C1C=CC(=O)C(=O)C1. The average Bonchev–Trinajstić information content (AvgIpc) is 1.96. The highest BCUT2D eigenvalue weighted by molar-refractivity contribution is 6.47. The van der Waals surface area contributed by atoms with Gasteiger partial charge in [0.2, 0.25) is 17.5 Å². The van der Waals surface area contributed by atoms with Gasteiger partial charge in [-0.2, -0.15) is 0 Å². The van der Waals surface area contributed by atoms with Crippen molar-refractivity contribution in [2.45, 2.75) is 13.3 Å². The van der Waals surface area contributed by atoms with Crippen LogP contribution in [0, 0.1) is 0 Å². The molecule has 1 aliphatic carbocycles. The first kappa shape index (κ1) is 8.52. The third-order valence-electron chi connectivity index (χ3n) is 1.34. The van der Waals surface area contributed by atoms with E-state index in [0.29, 0.717) is 5.71 Å². The van der Waals surface area contributed by atoms with Crippen molar-refractivity contribution in [1.82, 2.24) is 0 Å². The first-order valence-corrected chi connectivity index (χ1v) is 3.43. The maximum atomic E-state index is 10.8. The summed E-state index contributed by atoms with van der Waals surface area (Å²) in [5.74, 6) is -1.41. The van der Waals surface area contributed by atoms with Gasteiger partial charge in [0.15, 0.2) is 0 Å². The summed E-state index contributed by atoms with van der Waals surface area (Å²) in [6.45, 7) is 1.29. The third kappa shape index (κ3) is 1.95. The fraction of sp³-hybridized carbons (Fsp3) is 0.250. The number of ketones is 2. The number of rotatable bonds is 0. The first-order chi connectivity index (χ1) is 5.59. The molecule has 0 N–H and O–H groups in total. The Morgan fingerprint density at radius 2 is 2.08 bits per heavy atom. The predicted octanol–water partition coefficient (Wildman–Crippen LogP) is 0.0720. The van der Waals surface area contributed by atoms with Gasteiger partial charge in [-0.3, -0.25) is 14.4 Å². The van der Waals surface area contributed by atoms with Crippen molar-refractivity contribution in [3.63, 3.8) is 0 Å². The van der Waals surface area contributed by atoms with Crippen LogP contribution in [0.1, 0.15) is 13.3 Å². The summed E-state index contributed by atoms with van der Waals surface area (Å²) in [7, 11) is 0. The molecule has 0 saturated heterocycles. The Labute approximate surface area is 69.0 Å². The molecule has 0 aromatic rings. The Hall–Kier alpha value is -1.58. The van der Waals surface area contributed by atoms with Crippen molar-refractivity contribution in [2.24, 2.45) is 4.99 Å². The van der Waals surface area contributed by atoms with Crippen LogP contribution in [0.5, 0.6) is 0 Å². The fourth-order valence-electron chi connectivity index (χ4n) is 0.854. The minimum absolute atomic E-state index is 0.0606. The molecule has 1 rings (SSSR count). The van der Waals surface area contributed by atoms with Crippen LogP contribution < -0.4 is 0 Å². The number of carbonyl (C=O) groups excluding carboxylic acids is 3. The van der Waals surface area contributed by atoms with E-state index >= 15 is 0 Å². The largest absolute Gasteiger partial charge is 0.290 e. The molecule has 0 spiro atoms. The van der Waals surface area contributed by atoms with Crippen LogP contribution in [0.3, 0.4) is 0 Å². The molecule has 0 atom stereocenters. The van der Waals surface area contributed by atoms with E-state index in [-0.39, 0.29) is 12.3 Å². The zero-order valence-corrected chi connectivity index (χ0v) is 6.53. The number of aliphatic imine (C=N–C) groups is 1. The summed E-state index contributed by atoms with van der Waals surface area (Å²) >= 11 is 0. The van der Waals surface area contributed by atoms with Gasteiger partial charge in [0.05, 0.1) is 12.1 Å². The molecular formula is C8H7NO3. The normalized spacial score (nSPS) is 20.2. The number of hydrogen-bond acceptors (Lipinski definition) is 3. The van der Waals surface area contributed by atoms with Gasteiger partial charge in [-0.05, 0) is 12.2 Å². The Bertz CT molecular complexity index is 312. The van der Waals surface area contributed by atoms with E-state index in [9.17, 15) is 14.4 Å². The smallest absolute Gasteiger partial charge is 0.242 e. The third-order valence-corrected chi connectivity index (χ3v) is 1.34. The molecule has 0 unspecified atom stereocenters. The zero-order chi connectivity index (χ0) is 9.14. The zero-order valence-electron chi connectivity index (χ0n) is 6.53. The Morgan fingerprint density at radius 3 is 2.58 bits per heavy atom. The second-order valence-electron chi connectivity index (χ2n) is 2.42. The molecule has 0 bridgehead atoms. The van der Waals surface area contributed by atoms with Crippen LogP contribution in [0.2, 0.25) is 0 Å². The summed E-state index contributed by atoms with van der Waals surface area (Å²) in [5.41, 5.74) is 0.354. The lowest BCUT2D eigenvalue weighted by molar-refractivity contribution is -0.133. The van der Waals surface area contributed by atoms with Gasteiger partial charge < -0.3 is 0 Å². The second-order valence-corrected chi connectivity index (χ2v) is 2.42. The standard InChI is InChI=1S/C8H7NO3/c1-5(10)9-6-2-3-7(11)8(12)4-6/h2-3H,4H2,1H3. The summed E-state index contributed by atoms with van der Waals surface area (Å²) in [4.78, 5) is 35.5.